The SMILES string of the molecule is Cc1nccn1-c1ccc(C(C)NC(=O)N(C)CC(C)(C)O)cc1. The van der Waals surface area contributed by atoms with E-state index >= 15 is 0 Å². The number of nitrogens with one attached hydrogen (secondary N) is 1. The summed E-state index contributed by atoms with van der Waals surface area (Å²) < 4.78 is 2.00. The molecule has 0 saturated carbocycles. The third-order valence-electron chi connectivity index (χ3n) is 3.81. The molecule has 0 radical (unpaired) electrons. The highest BCUT2D eigenvalue weighted by Gasteiger charge is 2.20. The first-order valence-corrected chi connectivity index (χ1v) is 8.01. The van der Waals surface area contributed by atoms with Gasteiger partial charge < -0.3 is 19.9 Å². The van der Waals surface area contributed by atoms with Gasteiger partial charge in [0.15, 0.2) is 0 Å². The summed E-state index contributed by atoms with van der Waals surface area (Å²) in [6.07, 6.45) is 3.69. The molecule has 2 amide bonds. The average molecular weight is 330 g/mol. The van der Waals surface area contributed by atoms with Crippen molar-refractivity contribution in [2.24, 2.45) is 0 Å². The van der Waals surface area contributed by atoms with Crippen LogP contribution in [0.3, 0.4) is 0 Å². The number of benzene rings is 1. The molecule has 2 aromatic rings. The van der Waals surface area contributed by atoms with E-state index in [1.165, 1.54) is 4.90 Å². The molecule has 0 aliphatic rings. The third-order valence-corrected chi connectivity index (χ3v) is 3.81. The molecule has 2 N–H and O–H groups in total. The van der Waals surface area contributed by atoms with Gasteiger partial charge in [0.05, 0.1) is 18.2 Å². The predicted molar refractivity (Wildman–Crippen MR) is 94.2 cm³/mol. The Morgan fingerprint density at radius 3 is 2.50 bits per heavy atom. The number of aliphatic hydroxyl groups is 1. The Bertz CT molecular complexity index is 686. The number of carbonyl (C=O) groups is 1. The lowest BCUT2D eigenvalue weighted by Gasteiger charge is -2.27. The van der Waals surface area contributed by atoms with Crippen LogP contribution in [0.15, 0.2) is 36.7 Å². The number of nitrogens with zero attached hydrogens (tertiary/aromatic N) is 3. The van der Waals surface area contributed by atoms with Crippen molar-refractivity contribution in [1.82, 2.24) is 19.8 Å². The minimum absolute atomic E-state index is 0.125. The molecular formula is C18H26N4O2. The fraction of sp³-hybridized carbons (Fsp3) is 0.444. The van der Waals surface area contributed by atoms with Gasteiger partial charge in [-0.1, -0.05) is 12.1 Å². The molecule has 2 rings (SSSR count). The Morgan fingerprint density at radius 1 is 1.38 bits per heavy atom. The van der Waals surface area contributed by atoms with E-state index in [4.69, 9.17) is 0 Å². The van der Waals surface area contributed by atoms with E-state index in [2.05, 4.69) is 10.3 Å². The second-order valence-corrected chi connectivity index (χ2v) is 6.78. The van der Waals surface area contributed by atoms with Crippen molar-refractivity contribution >= 4 is 6.03 Å². The first kappa shape index (κ1) is 18.0. The maximum atomic E-state index is 12.2. The summed E-state index contributed by atoms with van der Waals surface area (Å²) in [5.41, 5.74) is 1.13. The molecule has 130 valence electrons. The number of rotatable bonds is 5. The number of hydrogen-bond acceptors (Lipinski definition) is 3. The van der Waals surface area contributed by atoms with Crippen LogP contribution in [0.4, 0.5) is 4.79 Å². The summed E-state index contributed by atoms with van der Waals surface area (Å²) in [5, 5.41) is 12.7. The quantitative estimate of drug-likeness (QED) is 0.885. The van der Waals surface area contributed by atoms with Gasteiger partial charge in [0.1, 0.15) is 5.82 Å². The summed E-state index contributed by atoms with van der Waals surface area (Å²) in [5.74, 6) is 0.928. The van der Waals surface area contributed by atoms with E-state index in [9.17, 15) is 9.90 Å². The van der Waals surface area contributed by atoms with Crippen LogP contribution in [-0.2, 0) is 0 Å². The van der Waals surface area contributed by atoms with Gasteiger partial charge in [-0.15, -0.1) is 0 Å². The lowest BCUT2D eigenvalue weighted by Crippen LogP contribution is -2.45. The normalized spacial score (nSPS) is 12.8. The molecule has 0 spiro atoms. The Balaban J connectivity index is 2.01. The number of aryl methyl sites for hydroxylation is 1. The van der Waals surface area contributed by atoms with Crippen LogP contribution in [0.2, 0.25) is 0 Å². The minimum atomic E-state index is -0.917. The maximum absolute atomic E-state index is 12.2. The van der Waals surface area contributed by atoms with Crippen LogP contribution >= 0.6 is 0 Å². The molecular weight excluding hydrogens is 304 g/mol. The van der Waals surface area contributed by atoms with Crippen LogP contribution < -0.4 is 5.32 Å². The van der Waals surface area contributed by atoms with Crippen molar-refractivity contribution in [2.45, 2.75) is 39.3 Å². The number of hydrogen-bond donors (Lipinski definition) is 2. The highest BCUT2D eigenvalue weighted by molar-refractivity contribution is 5.74. The highest BCUT2D eigenvalue weighted by Crippen LogP contribution is 2.17. The zero-order valence-corrected chi connectivity index (χ0v) is 14.9. The molecule has 0 bridgehead atoms. The number of imidazole rings is 1. The van der Waals surface area contributed by atoms with E-state index in [1.807, 2.05) is 48.9 Å². The highest BCUT2D eigenvalue weighted by atomic mass is 16.3. The van der Waals surface area contributed by atoms with E-state index < -0.39 is 5.60 Å². The number of carbonyl (C=O) groups excluding carboxylic acids is 1. The first-order valence-electron chi connectivity index (χ1n) is 8.01. The van der Waals surface area contributed by atoms with Crippen LogP contribution in [-0.4, -0.2) is 44.8 Å². The van der Waals surface area contributed by atoms with Gasteiger partial charge in [0.25, 0.3) is 0 Å². The molecule has 0 aliphatic carbocycles. The van der Waals surface area contributed by atoms with E-state index in [-0.39, 0.29) is 18.6 Å². The summed E-state index contributed by atoms with van der Waals surface area (Å²) in [4.78, 5) is 17.9. The molecule has 0 saturated heterocycles. The van der Waals surface area contributed by atoms with Crippen molar-refractivity contribution in [3.8, 4) is 5.69 Å². The maximum Gasteiger partial charge on any atom is 0.317 e. The van der Waals surface area contributed by atoms with Gasteiger partial charge in [-0.2, -0.15) is 0 Å². The van der Waals surface area contributed by atoms with E-state index in [0.717, 1.165) is 17.1 Å². The van der Waals surface area contributed by atoms with Crippen LogP contribution in [0.25, 0.3) is 5.69 Å². The molecule has 1 unspecified atom stereocenters. The van der Waals surface area contributed by atoms with Crippen molar-refractivity contribution in [3.63, 3.8) is 0 Å². The molecule has 24 heavy (non-hydrogen) atoms. The Morgan fingerprint density at radius 2 is 2.00 bits per heavy atom. The molecule has 1 atom stereocenters. The lowest BCUT2D eigenvalue weighted by molar-refractivity contribution is 0.0528. The Labute approximate surface area is 143 Å². The van der Waals surface area contributed by atoms with Gasteiger partial charge in [-0.25, -0.2) is 9.78 Å². The first-order chi connectivity index (χ1) is 11.2. The number of likely N-dealkylation sites (N-methyl/N-ethyl adjacent to an activating group) is 1. The van der Waals surface area contributed by atoms with Crippen molar-refractivity contribution < 1.29 is 9.90 Å². The van der Waals surface area contributed by atoms with Crippen molar-refractivity contribution in [3.05, 3.63) is 48.0 Å². The van der Waals surface area contributed by atoms with Crippen molar-refractivity contribution in [2.75, 3.05) is 13.6 Å². The summed E-state index contributed by atoms with van der Waals surface area (Å²) in [6, 6.07) is 7.67. The minimum Gasteiger partial charge on any atom is -0.389 e. The summed E-state index contributed by atoms with van der Waals surface area (Å²) in [6.45, 7) is 7.51. The standard InChI is InChI=1S/C18H26N4O2/c1-13(20-17(23)21(5)12-18(3,4)24)15-6-8-16(9-7-15)22-11-10-19-14(22)2/h6-11,13,24H,12H2,1-5H3,(H,20,23). The van der Waals surface area contributed by atoms with Gasteiger partial charge in [-0.3, -0.25) is 0 Å². The number of amides is 2. The second-order valence-electron chi connectivity index (χ2n) is 6.78. The van der Waals surface area contributed by atoms with Crippen LogP contribution in [0, 0.1) is 6.92 Å². The zero-order valence-electron chi connectivity index (χ0n) is 14.9. The van der Waals surface area contributed by atoms with Gasteiger partial charge in [0.2, 0.25) is 0 Å². The molecule has 1 aromatic heterocycles. The predicted octanol–water partition coefficient (Wildman–Crippen LogP) is 2.65. The van der Waals surface area contributed by atoms with E-state index in [1.54, 1.807) is 27.1 Å². The summed E-state index contributed by atoms with van der Waals surface area (Å²) in [7, 11) is 1.67. The zero-order chi connectivity index (χ0) is 17.9. The third kappa shape index (κ3) is 4.58. The molecule has 0 aliphatic heterocycles. The summed E-state index contributed by atoms with van der Waals surface area (Å²) >= 11 is 0. The Kier molecular flexibility index (Phi) is 5.29. The number of aromatic nitrogens is 2. The van der Waals surface area contributed by atoms with Crippen LogP contribution in [0.1, 0.15) is 38.2 Å². The van der Waals surface area contributed by atoms with Gasteiger partial charge >= 0.3 is 6.03 Å². The van der Waals surface area contributed by atoms with E-state index in [0.29, 0.717) is 0 Å². The molecule has 6 nitrogen and oxygen atoms in total. The fourth-order valence-corrected chi connectivity index (χ4v) is 2.61. The monoisotopic (exact) mass is 330 g/mol. The smallest absolute Gasteiger partial charge is 0.317 e. The number of urea groups is 1. The molecule has 0 fully saturated rings. The fourth-order valence-electron chi connectivity index (χ4n) is 2.61. The van der Waals surface area contributed by atoms with Crippen molar-refractivity contribution in [1.29, 1.82) is 0 Å². The second kappa shape index (κ2) is 7.05. The Hall–Kier alpha value is -2.34. The lowest BCUT2D eigenvalue weighted by atomic mass is 10.1. The molecule has 1 heterocycles. The van der Waals surface area contributed by atoms with Crippen LogP contribution in [0.5, 0.6) is 0 Å². The average Bonchev–Trinajstić information content (AvgIpc) is 2.91. The largest absolute Gasteiger partial charge is 0.389 e. The van der Waals surface area contributed by atoms with Gasteiger partial charge in [0, 0.05) is 25.1 Å². The molecule has 6 heteroatoms. The topological polar surface area (TPSA) is 70.4 Å². The van der Waals surface area contributed by atoms with Gasteiger partial charge in [-0.05, 0) is 45.4 Å². The molecule has 1 aromatic carbocycles.